The van der Waals surface area contributed by atoms with Crippen LogP contribution in [0.2, 0.25) is 0 Å². The van der Waals surface area contributed by atoms with E-state index < -0.39 is 228 Å². The molecule has 10 aromatic rings. The van der Waals surface area contributed by atoms with Gasteiger partial charge < -0.3 is 125 Å². The second kappa shape index (κ2) is 47.8. The van der Waals surface area contributed by atoms with E-state index in [0.29, 0.717) is 23.1 Å². The van der Waals surface area contributed by atoms with Crippen molar-refractivity contribution >= 4 is 152 Å². The molecule has 62 nitrogen and oxygen atoms in total. The number of nitrogen functional groups attached to an aromatic ring is 6. The third-order valence-corrected chi connectivity index (χ3v) is 30.7. The molecule has 10 unspecified atom stereocenters. The summed E-state index contributed by atoms with van der Waals surface area (Å²) in [7, 11) is -4.82. The first-order valence-corrected chi connectivity index (χ1v) is 55.8. The lowest BCUT2D eigenvalue weighted by atomic mass is 10.1. The van der Waals surface area contributed by atoms with E-state index in [1.54, 1.807) is 18.4 Å². The fourth-order valence-corrected chi connectivity index (χ4v) is 23.4. The number of phosphoric ester groups is 2. The Morgan fingerprint density at radius 3 is 0.986 bits per heavy atom. The summed E-state index contributed by atoms with van der Waals surface area (Å²) in [5, 5.41) is 11.9. The van der Waals surface area contributed by atoms with Crippen LogP contribution in [-0.4, -0.2) is 350 Å². The van der Waals surface area contributed by atoms with Crippen LogP contribution < -0.4 is 45.8 Å². The quantitative estimate of drug-likeness (QED) is 0.0147. The number of ether oxygens (including phenoxy) is 16. The van der Waals surface area contributed by atoms with Gasteiger partial charge in [0.15, 0.2) is 77.0 Å². The fraction of sp³-hybridized carbons (Fsp3) is 0.632. The van der Waals surface area contributed by atoms with Crippen molar-refractivity contribution in [3.8, 4) is 0 Å². The van der Waals surface area contributed by atoms with E-state index in [1.165, 1.54) is 100 Å². The molecule has 6 saturated heterocycles. The lowest BCUT2D eigenvalue weighted by Gasteiger charge is -2.29. The average molecular weight is 2210 g/mol. The number of thiol groups is 3. The molecule has 6 aliphatic heterocycles. The van der Waals surface area contributed by atoms with Crippen LogP contribution in [0.5, 0.6) is 0 Å². The number of phosphoric acid groups is 2. The lowest BCUT2D eigenvalue weighted by molar-refractivity contribution is -0.0843. The summed E-state index contributed by atoms with van der Waals surface area (Å²) in [4.78, 5) is 112. The summed E-state index contributed by atoms with van der Waals surface area (Å²) in [5.41, 5.74) is 36.7. The van der Waals surface area contributed by atoms with Gasteiger partial charge in [-0.05, 0) is 20.3 Å². The van der Waals surface area contributed by atoms with E-state index in [-0.39, 0.29) is 140 Å². The maximum absolute atomic E-state index is 15.7. The number of hydrogen-bond donors (Lipinski definition) is 12. The van der Waals surface area contributed by atoms with Gasteiger partial charge in [0.1, 0.15) is 157 Å². The zero-order chi connectivity index (χ0) is 104. The second-order valence-electron chi connectivity index (χ2n) is 33.3. The van der Waals surface area contributed by atoms with Gasteiger partial charge >= 0.3 is 47.4 Å². The molecule has 10 aromatic heterocycles. The van der Waals surface area contributed by atoms with Gasteiger partial charge in [0.25, 0.3) is 0 Å². The highest BCUT2D eigenvalue weighted by molar-refractivity contribution is 8.45. The average Bonchev–Trinajstić information content (AvgIpc) is 1.61. The van der Waals surface area contributed by atoms with Crippen molar-refractivity contribution in [1.29, 1.82) is 0 Å². The van der Waals surface area contributed by atoms with E-state index in [1.807, 2.05) is 0 Å². The maximum atomic E-state index is 15.7. The first-order valence-electron chi connectivity index (χ1n) is 44.7. The molecule has 15 N–H and O–H groups in total. The standard InChI is InChI=1S/C76H109N26O36P5S3/c1-9-38-39(20-45(128-38)99-32-91-46-62(79)83-28-87-66(46)99)134-141(110,144)126-26-43-52(57(120-17-12-115-6)72(132-43)100-33-92-47-63(80)84-29-88-67(47)100)136-139(106,107)123-24-41-51(56(119-16-11-114-5)71(130-41)98-22-37(3)61(78)96-76(98)105)135-140(108,109)124-25-42-53(58(121-18-13-116-7)73(131-42)101-34-93-48-64(81)85-30-89-68(48)101)137-143(112,146)127-27-44-54(59(122-19-14-117-8)74(133-44)102-35-94-49-65(82)86-31-90-69(49)102)138-142(111,145)125-23-40-50(103)55(118-15-10-113-4)70(129-40)97-21-36(2)60(77)95-75(97)104/h21-22,28-35,38-45,50-59,70-74,103H,9-20,23-27H2,1-8H3,(H,106,107)(H,108,109)(H,110,144)(H,111,145)(H,112,146)(H2,77,95,104)(H2,78,96,105)(H2,79,83,87)(H2,80,84,88)(H2,81,85,89)(H2,82,86,90)/t38-,39-,40-,41-,42-,43-,44-,45-,50+,51+,52+,53+,54+,55?,56?,57?,58?,59?,70-,71-,72-,73-,74-,141?,142?,143?/m1/s1. The zero-order valence-electron chi connectivity index (χ0n) is 78.9. The van der Waals surface area contributed by atoms with Crippen molar-refractivity contribution in [2.45, 2.75) is 175 Å². The number of anilines is 6. The number of fused-ring (bicyclic) bond motifs is 4. The van der Waals surface area contributed by atoms with E-state index >= 15 is 18.3 Å². The Hall–Kier alpha value is -8.20. The lowest BCUT2D eigenvalue weighted by Crippen LogP contribution is -2.41. The normalized spacial score (nSPS) is 29.2. The Kier molecular flexibility index (Phi) is 36.1. The number of rotatable bonds is 52. The van der Waals surface area contributed by atoms with E-state index in [9.17, 15) is 29.0 Å². The van der Waals surface area contributed by atoms with Gasteiger partial charge in [-0.2, -0.15) is 9.97 Å². The molecule has 802 valence electrons. The molecule has 146 heavy (non-hydrogen) atoms. The van der Waals surface area contributed by atoms with Crippen LogP contribution in [0.3, 0.4) is 0 Å². The molecule has 0 spiro atoms. The minimum Gasteiger partial charge on any atom is -0.387 e. The predicted octanol–water partition coefficient (Wildman–Crippen LogP) is 2.00. The van der Waals surface area contributed by atoms with Crippen LogP contribution in [0, 0.1) is 13.8 Å². The molecule has 6 fully saturated rings. The van der Waals surface area contributed by atoms with Crippen LogP contribution >= 0.6 is 72.8 Å². The summed E-state index contributed by atoms with van der Waals surface area (Å²) in [6.07, 6.45) is -22.5. The predicted molar refractivity (Wildman–Crippen MR) is 510 cm³/mol. The Balaban J connectivity index is 0.686. The zero-order valence-corrected chi connectivity index (χ0v) is 86.0. The fourth-order valence-electron chi connectivity index (χ4n) is 17.0. The molecule has 16 rings (SSSR count). The number of nitrogens with zero attached hydrogens (tertiary/aromatic N) is 20. The smallest absolute Gasteiger partial charge is 0.387 e. The molecule has 28 atom stereocenters. The number of nitrogens with two attached hydrogens (primary N) is 6. The van der Waals surface area contributed by atoms with Crippen molar-refractivity contribution in [3.05, 3.63) is 95.1 Å². The highest BCUT2D eigenvalue weighted by Gasteiger charge is 2.59. The molecule has 0 aliphatic carbocycles. The number of hydrogen-bond acceptors (Lipinski definition) is 54. The molecule has 0 amide bonds. The van der Waals surface area contributed by atoms with Crippen LogP contribution in [-0.2, 0) is 144 Å². The Bertz CT molecular complexity index is 6580. The highest BCUT2D eigenvalue weighted by atomic mass is 32.7. The van der Waals surface area contributed by atoms with Crippen molar-refractivity contribution in [1.82, 2.24) is 97.2 Å². The SMILES string of the molecule is CC[C@H]1O[C@@H](n2cnc3c(N)ncnc32)C[C@H]1OP(=O)(S)OC[C@H]1O[C@@H](n2cnc3c(N)ncnc32)C(OCCOC)[C@H]1OP(=O)(O)OC[C@H]1O[C@@H](n2cc(C)c(N)nc2=O)C(OCCOC)[C@H]1OP(=O)(O)OC[C@H]1O[C@@H](n2cnc3c(N)ncnc32)C(OCCOC)[C@H]1OP(=O)(S)OC[C@H]1O[C@@H](n2cnc3c(N)ncnc32)C(OCCOC)[C@H]1OP(=O)(S)OC[C@H]1O[C@@H](n2cc(C)c(N)nc2=O)C(OCCOC)[C@H]1O. The van der Waals surface area contributed by atoms with Crippen molar-refractivity contribution in [2.24, 2.45) is 0 Å². The van der Waals surface area contributed by atoms with Crippen LogP contribution in [0.4, 0.5) is 34.9 Å². The monoisotopic (exact) mass is 2210 g/mol. The minimum atomic E-state index is -5.90. The van der Waals surface area contributed by atoms with Gasteiger partial charge in [0.2, 0.25) is 0 Å². The van der Waals surface area contributed by atoms with E-state index in [2.05, 4.69) is 107 Å². The number of aliphatic hydroxyl groups excluding tert-OH is 1. The summed E-state index contributed by atoms with van der Waals surface area (Å²) in [5.74, 6) is -0.379. The third-order valence-electron chi connectivity index (χ3n) is 23.9. The summed E-state index contributed by atoms with van der Waals surface area (Å²) < 4.78 is 242. The van der Waals surface area contributed by atoms with E-state index in [0.717, 1.165) is 28.1 Å². The van der Waals surface area contributed by atoms with Crippen molar-refractivity contribution in [3.63, 3.8) is 0 Å². The highest BCUT2D eigenvalue weighted by Crippen LogP contribution is 2.62. The van der Waals surface area contributed by atoms with Gasteiger partial charge in [0.05, 0.1) is 137 Å². The molecule has 16 heterocycles. The minimum absolute atomic E-state index is 0.0129. The number of imidazole rings is 4. The van der Waals surface area contributed by atoms with Gasteiger partial charge in [-0.15, -0.1) is 0 Å². The summed E-state index contributed by atoms with van der Waals surface area (Å²) in [6, 6.07) is 0. The van der Waals surface area contributed by atoms with Crippen molar-refractivity contribution < 1.29 is 159 Å². The van der Waals surface area contributed by atoms with Gasteiger partial charge in [-0.25, -0.2) is 92.2 Å². The van der Waals surface area contributed by atoms with Crippen LogP contribution in [0.1, 0.15) is 68.3 Å². The van der Waals surface area contributed by atoms with Gasteiger partial charge in [-0.3, -0.25) is 72.6 Å². The molecule has 0 radical (unpaired) electrons. The molecule has 6 aliphatic rings. The second-order valence-corrected chi connectivity index (χ2v) is 44.7. The van der Waals surface area contributed by atoms with Gasteiger partial charge in [0, 0.05) is 65.5 Å². The largest absolute Gasteiger partial charge is 0.472 e. The number of aryl methyl sites for hydroxylation is 2. The molecular formula is C76H109N26O36P5S3. The molecule has 0 aromatic carbocycles. The molecular weight excluding hydrogens is 2100 g/mol. The Morgan fingerprint density at radius 2 is 0.644 bits per heavy atom. The summed E-state index contributed by atoms with van der Waals surface area (Å²) in [6.45, 7) is -16.3. The summed E-state index contributed by atoms with van der Waals surface area (Å²) >= 11 is 13.3. The van der Waals surface area contributed by atoms with E-state index in [4.69, 9.17) is 155 Å². The Labute approximate surface area is 842 Å². The molecule has 0 bridgehead atoms. The number of aliphatic hydroxyl groups is 1. The topological polar surface area (TPSA) is 786 Å². The van der Waals surface area contributed by atoms with Crippen LogP contribution in [0.25, 0.3) is 44.7 Å². The maximum Gasteiger partial charge on any atom is 0.472 e. The number of methoxy groups -OCH3 is 5. The first-order chi connectivity index (χ1) is 69.8. The van der Waals surface area contributed by atoms with Gasteiger partial charge in [-0.1, -0.05) is 43.7 Å². The molecule has 0 saturated carbocycles. The molecule has 70 heteroatoms. The van der Waals surface area contributed by atoms with Crippen molar-refractivity contribution in [2.75, 3.05) is 169 Å². The third kappa shape index (κ3) is 25.1. The number of aromatic nitrogens is 20. The van der Waals surface area contributed by atoms with Crippen LogP contribution in [0.15, 0.2) is 72.6 Å². The first kappa shape index (κ1) is 110. The Morgan fingerprint density at radius 1 is 0.356 bits per heavy atom.